The summed E-state index contributed by atoms with van der Waals surface area (Å²) in [6.45, 7) is -0.303. The van der Waals surface area contributed by atoms with Crippen molar-refractivity contribution in [2.24, 2.45) is 0 Å². The van der Waals surface area contributed by atoms with Crippen LogP contribution in [-0.2, 0) is 9.53 Å². The van der Waals surface area contributed by atoms with Crippen LogP contribution in [0.2, 0.25) is 0 Å². The first-order valence-corrected chi connectivity index (χ1v) is 4.86. The summed E-state index contributed by atoms with van der Waals surface area (Å²) < 4.78 is 39.4. The van der Waals surface area contributed by atoms with Gasteiger partial charge in [0, 0.05) is 19.7 Å². The second kappa shape index (κ2) is 9.49. The highest BCUT2D eigenvalue weighted by atomic mass is 35.5. The van der Waals surface area contributed by atoms with Gasteiger partial charge in [-0.2, -0.15) is 13.2 Å². The van der Waals surface area contributed by atoms with E-state index in [0.29, 0.717) is 19.5 Å². The standard InChI is InChI=1S/C9H16F3NO3.ClH/c1-13(5-3-8(14)15)4-2-6-16-7-9(10,11)12;/h2-7H2,1H3,(H,14,15);1H. The lowest BCUT2D eigenvalue weighted by atomic mass is 10.3. The van der Waals surface area contributed by atoms with E-state index in [1.807, 2.05) is 0 Å². The molecule has 0 heterocycles. The minimum Gasteiger partial charge on any atom is -0.481 e. The van der Waals surface area contributed by atoms with Crippen molar-refractivity contribution in [3.63, 3.8) is 0 Å². The van der Waals surface area contributed by atoms with Crippen molar-refractivity contribution < 1.29 is 27.8 Å². The lowest BCUT2D eigenvalue weighted by Crippen LogP contribution is -2.24. The SMILES string of the molecule is CN(CCCOCC(F)(F)F)CCC(=O)O.Cl. The molecule has 0 unspecified atom stereocenters. The van der Waals surface area contributed by atoms with Crippen molar-refractivity contribution in [2.45, 2.75) is 19.0 Å². The second-order valence-electron chi connectivity index (χ2n) is 3.47. The largest absolute Gasteiger partial charge is 0.481 e. The monoisotopic (exact) mass is 279 g/mol. The van der Waals surface area contributed by atoms with Crippen LogP contribution in [0.1, 0.15) is 12.8 Å². The van der Waals surface area contributed by atoms with Gasteiger partial charge in [-0.25, -0.2) is 0 Å². The topological polar surface area (TPSA) is 49.8 Å². The van der Waals surface area contributed by atoms with E-state index >= 15 is 0 Å². The number of carboxylic acid groups (broad SMARTS) is 1. The van der Waals surface area contributed by atoms with Gasteiger partial charge in [0.15, 0.2) is 0 Å². The number of ether oxygens (including phenoxy) is 1. The maximum Gasteiger partial charge on any atom is 0.411 e. The summed E-state index contributed by atoms with van der Waals surface area (Å²) in [4.78, 5) is 12.0. The van der Waals surface area contributed by atoms with Gasteiger partial charge in [0.05, 0.1) is 6.42 Å². The summed E-state index contributed by atoms with van der Waals surface area (Å²) in [5.41, 5.74) is 0. The van der Waals surface area contributed by atoms with Crippen molar-refractivity contribution >= 4 is 18.4 Å². The first kappa shape index (κ1) is 18.8. The molecule has 0 aliphatic carbocycles. The van der Waals surface area contributed by atoms with E-state index in [0.717, 1.165) is 0 Å². The fraction of sp³-hybridized carbons (Fsp3) is 0.889. The number of aliphatic carboxylic acids is 1. The van der Waals surface area contributed by atoms with Gasteiger partial charge in [-0.05, 0) is 13.5 Å². The van der Waals surface area contributed by atoms with Gasteiger partial charge in [-0.15, -0.1) is 12.4 Å². The molecule has 0 saturated heterocycles. The Morgan fingerprint density at radius 1 is 1.35 bits per heavy atom. The van der Waals surface area contributed by atoms with Crippen molar-refractivity contribution in [1.29, 1.82) is 0 Å². The van der Waals surface area contributed by atoms with Crippen LogP contribution in [0.3, 0.4) is 0 Å². The fourth-order valence-electron chi connectivity index (χ4n) is 1.02. The molecule has 0 radical (unpaired) electrons. The van der Waals surface area contributed by atoms with Crippen molar-refractivity contribution in [1.82, 2.24) is 4.90 Å². The van der Waals surface area contributed by atoms with Crippen LogP contribution in [0.4, 0.5) is 13.2 Å². The molecule has 0 saturated carbocycles. The zero-order valence-electron chi connectivity index (χ0n) is 9.50. The maximum atomic E-state index is 11.7. The van der Waals surface area contributed by atoms with Crippen molar-refractivity contribution in [3.8, 4) is 0 Å². The molecule has 0 rings (SSSR count). The zero-order chi connectivity index (χ0) is 12.6. The quantitative estimate of drug-likeness (QED) is 0.688. The molecule has 0 aliphatic heterocycles. The predicted molar refractivity (Wildman–Crippen MR) is 58.5 cm³/mol. The third-order valence-corrected chi connectivity index (χ3v) is 1.80. The summed E-state index contributed by atoms with van der Waals surface area (Å²) in [7, 11) is 1.71. The first-order chi connectivity index (χ1) is 7.31. The van der Waals surface area contributed by atoms with Crippen LogP contribution in [0.5, 0.6) is 0 Å². The summed E-state index contributed by atoms with van der Waals surface area (Å²) in [6.07, 6.45) is -3.80. The molecule has 0 aromatic rings. The number of rotatable bonds is 8. The number of carbonyl (C=O) groups is 1. The Labute approximate surface area is 104 Å². The Morgan fingerprint density at radius 3 is 2.41 bits per heavy atom. The van der Waals surface area contributed by atoms with E-state index in [4.69, 9.17) is 5.11 Å². The third kappa shape index (κ3) is 15.5. The van der Waals surface area contributed by atoms with E-state index in [1.54, 1.807) is 11.9 Å². The summed E-state index contributed by atoms with van der Waals surface area (Å²) in [6, 6.07) is 0. The third-order valence-electron chi connectivity index (χ3n) is 1.80. The Balaban J connectivity index is 0. The number of alkyl halides is 3. The van der Waals surface area contributed by atoms with Gasteiger partial charge in [0.1, 0.15) is 6.61 Å². The highest BCUT2D eigenvalue weighted by molar-refractivity contribution is 5.85. The van der Waals surface area contributed by atoms with Gasteiger partial charge < -0.3 is 14.7 Å². The Morgan fingerprint density at radius 2 is 1.94 bits per heavy atom. The van der Waals surface area contributed by atoms with Gasteiger partial charge in [-0.1, -0.05) is 0 Å². The van der Waals surface area contributed by atoms with Gasteiger partial charge >= 0.3 is 12.1 Å². The van der Waals surface area contributed by atoms with E-state index in [9.17, 15) is 18.0 Å². The van der Waals surface area contributed by atoms with Gasteiger partial charge in [0.2, 0.25) is 0 Å². The van der Waals surface area contributed by atoms with E-state index < -0.39 is 18.8 Å². The smallest absolute Gasteiger partial charge is 0.411 e. The molecule has 0 aliphatic rings. The normalized spacial score (nSPS) is 11.4. The average molecular weight is 280 g/mol. The lowest BCUT2D eigenvalue weighted by Gasteiger charge is -2.15. The van der Waals surface area contributed by atoms with E-state index in [1.165, 1.54) is 0 Å². The summed E-state index contributed by atoms with van der Waals surface area (Å²) >= 11 is 0. The van der Waals surface area contributed by atoms with Crippen LogP contribution < -0.4 is 0 Å². The predicted octanol–water partition coefficient (Wildman–Crippen LogP) is 1.78. The molecular formula is C9H17ClF3NO3. The van der Waals surface area contributed by atoms with E-state index in [-0.39, 0.29) is 25.4 Å². The number of carboxylic acids is 1. The number of hydrogen-bond acceptors (Lipinski definition) is 3. The summed E-state index contributed by atoms with van der Waals surface area (Å²) in [5.74, 6) is -0.889. The minimum atomic E-state index is -4.28. The Bertz CT molecular complexity index is 214. The maximum absolute atomic E-state index is 11.7. The van der Waals surface area contributed by atoms with Gasteiger partial charge in [0.25, 0.3) is 0 Å². The molecule has 0 atom stereocenters. The van der Waals surface area contributed by atoms with Crippen molar-refractivity contribution in [2.75, 3.05) is 33.4 Å². The highest BCUT2D eigenvalue weighted by Gasteiger charge is 2.27. The van der Waals surface area contributed by atoms with Gasteiger partial charge in [-0.3, -0.25) is 4.79 Å². The Kier molecular flexibility index (Phi) is 10.5. The molecule has 0 fully saturated rings. The molecule has 0 aromatic carbocycles. The number of halogens is 4. The zero-order valence-corrected chi connectivity index (χ0v) is 10.3. The molecule has 0 spiro atoms. The summed E-state index contributed by atoms with van der Waals surface area (Å²) in [5, 5.41) is 8.39. The fourth-order valence-corrected chi connectivity index (χ4v) is 1.02. The molecule has 8 heteroatoms. The molecule has 0 aromatic heterocycles. The van der Waals surface area contributed by atoms with Crippen LogP contribution in [0, 0.1) is 0 Å². The molecular weight excluding hydrogens is 263 g/mol. The van der Waals surface area contributed by atoms with Crippen LogP contribution in [0.15, 0.2) is 0 Å². The first-order valence-electron chi connectivity index (χ1n) is 4.86. The molecule has 0 bridgehead atoms. The number of hydrogen-bond donors (Lipinski definition) is 1. The van der Waals surface area contributed by atoms with E-state index in [2.05, 4.69) is 4.74 Å². The minimum absolute atomic E-state index is 0. The van der Waals surface area contributed by atoms with Crippen molar-refractivity contribution in [3.05, 3.63) is 0 Å². The second-order valence-corrected chi connectivity index (χ2v) is 3.47. The number of nitrogens with zero attached hydrogens (tertiary/aromatic N) is 1. The van der Waals surface area contributed by atoms with Crippen LogP contribution >= 0.6 is 12.4 Å². The molecule has 17 heavy (non-hydrogen) atoms. The molecule has 1 N–H and O–H groups in total. The Hall–Kier alpha value is -0.530. The van der Waals surface area contributed by atoms with Crippen LogP contribution in [-0.4, -0.2) is 55.5 Å². The molecule has 104 valence electrons. The van der Waals surface area contributed by atoms with Crippen LogP contribution in [0.25, 0.3) is 0 Å². The molecule has 4 nitrogen and oxygen atoms in total. The molecule has 0 amide bonds. The average Bonchev–Trinajstić information content (AvgIpc) is 2.12. The highest BCUT2D eigenvalue weighted by Crippen LogP contribution is 2.14. The lowest BCUT2D eigenvalue weighted by molar-refractivity contribution is -0.174.